The molecule has 8 nitrogen and oxygen atoms in total. The SMILES string of the molecule is COCC(CCO)Nc1ccc2n[nH]c(=O)n2n1. The van der Waals surface area contributed by atoms with Crippen LogP contribution in [0.15, 0.2) is 16.9 Å². The van der Waals surface area contributed by atoms with Crippen LogP contribution in [0.1, 0.15) is 6.42 Å². The fraction of sp³-hybridized carbons (Fsp3) is 0.500. The van der Waals surface area contributed by atoms with Crippen LogP contribution in [0, 0.1) is 0 Å². The molecule has 0 aliphatic rings. The van der Waals surface area contributed by atoms with Crippen molar-refractivity contribution in [3.05, 3.63) is 22.6 Å². The number of nitrogens with one attached hydrogen (secondary N) is 2. The van der Waals surface area contributed by atoms with E-state index in [9.17, 15) is 4.79 Å². The molecule has 98 valence electrons. The molecule has 0 bridgehead atoms. The molecular formula is C10H15N5O3. The number of H-pyrrole nitrogens is 1. The zero-order valence-corrected chi connectivity index (χ0v) is 9.96. The van der Waals surface area contributed by atoms with E-state index in [2.05, 4.69) is 20.6 Å². The van der Waals surface area contributed by atoms with Gasteiger partial charge in [-0.25, -0.2) is 9.89 Å². The van der Waals surface area contributed by atoms with Gasteiger partial charge in [0.25, 0.3) is 0 Å². The van der Waals surface area contributed by atoms with Crippen LogP contribution in [0.3, 0.4) is 0 Å². The first-order chi connectivity index (χ1) is 8.74. The number of anilines is 1. The minimum Gasteiger partial charge on any atom is -0.396 e. The fourth-order valence-electron chi connectivity index (χ4n) is 1.64. The second kappa shape index (κ2) is 5.61. The topological polar surface area (TPSA) is 105 Å². The molecule has 0 amide bonds. The minimum absolute atomic E-state index is 0.0505. The molecule has 0 saturated heterocycles. The maximum absolute atomic E-state index is 11.4. The lowest BCUT2D eigenvalue weighted by atomic mass is 10.2. The van der Waals surface area contributed by atoms with Gasteiger partial charge in [-0.05, 0) is 18.6 Å². The summed E-state index contributed by atoms with van der Waals surface area (Å²) in [7, 11) is 1.59. The van der Waals surface area contributed by atoms with Crippen molar-refractivity contribution in [1.82, 2.24) is 19.8 Å². The predicted molar refractivity (Wildman–Crippen MR) is 64.6 cm³/mol. The summed E-state index contributed by atoms with van der Waals surface area (Å²) in [5, 5.41) is 22.2. The van der Waals surface area contributed by atoms with Gasteiger partial charge < -0.3 is 15.2 Å². The van der Waals surface area contributed by atoms with E-state index in [0.29, 0.717) is 24.5 Å². The number of aliphatic hydroxyl groups is 1. The van der Waals surface area contributed by atoms with Gasteiger partial charge in [-0.3, -0.25) is 0 Å². The number of hydrogen-bond acceptors (Lipinski definition) is 6. The molecule has 0 aromatic carbocycles. The molecule has 0 radical (unpaired) electrons. The summed E-state index contributed by atoms with van der Waals surface area (Å²) in [6.45, 7) is 0.496. The molecule has 0 fully saturated rings. The maximum Gasteiger partial charge on any atom is 0.364 e. The molecule has 0 aliphatic heterocycles. The number of aromatic nitrogens is 4. The van der Waals surface area contributed by atoms with Gasteiger partial charge in [-0.15, -0.1) is 5.10 Å². The van der Waals surface area contributed by atoms with E-state index in [1.165, 1.54) is 4.52 Å². The van der Waals surface area contributed by atoms with Crippen molar-refractivity contribution in [2.24, 2.45) is 0 Å². The fourth-order valence-corrected chi connectivity index (χ4v) is 1.64. The van der Waals surface area contributed by atoms with Crippen molar-refractivity contribution >= 4 is 11.5 Å². The van der Waals surface area contributed by atoms with E-state index in [-0.39, 0.29) is 18.3 Å². The Morgan fingerprint density at radius 3 is 3.17 bits per heavy atom. The number of rotatable bonds is 6. The lowest BCUT2D eigenvalue weighted by Crippen LogP contribution is -2.27. The summed E-state index contributed by atoms with van der Waals surface area (Å²) < 4.78 is 6.21. The van der Waals surface area contributed by atoms with Gasteiger partial charge in [0.1, 0.15) is 5.82 Å². The molecule has 0 aliphatic carbocycles. The summed E-state index contributed by atoms with van der Waals surface area (Å²) in [5.74, 6) is 0.529. The van der Waals surface area contributed by atoms with E-state index >= 15 is 0 Å². The van der Waals surface area contributed by atoms with Crippen LogP contribution in [0.2, 0.25) is 0 Å². The summed E-state index contributed by atoms with van der Waals surface area (Å²) in [4.78, 5) is 11.4. The van der Waals surface area contributed by atoms with Gasteiger partial charge in [0.05, 0.1) is 12.6 Å². The van der Waals surface area contributed by atoms with Crippen LogP contribution in [-0.4, -0.2) is 51.3 Å². The molecule has 1 unspecified atom stereocenters. The lowest BCUT2D eigenvalue weighted by Gasteiger charge is -2.16. The van der Waals surface area contributed by atoms with Crippen molar-refractivity contribution < 1.29 is 9.84 Å². The number of methoxy groups -OCH3 is 1. The van der Waals surface area contributed by atoms with Gasteiger partial charge in [-0.2, -0.15) is 9.61 Å². The number of ether oxygens (including phenoxy) is 1. The highest BCUT2D eigenvalue weighted by Crippen LogP contribution is 2.06. The van der Waals surface area contributed by atoms with E-state index < -0.39 is 0 Å². The van der Waals surface area contributed by atoms with Gasteiger partial charge in [0.15, 0.2) is 5.65 Å². The van der Waals surface area contributed by atoms with Crippen LogP contribution in [0.4, 0.5) is 5.82 Å². The summed E-state index contributed by atoms with van der Waals surface area (Å²) in [6.07, 6.45) is 0.536. The summed E-state index contributed by atoms with van der Waals surface area (Å²) >= 11 is 0. The zero-order valence-electron chi connectivity index (χ0n) is 9.96. The van der Waals surface area contributed by atoms with Crippen LogP contribution in [-0.2, 0) is 4.74 Å². The van der Waals surface area contributed by atoms with Crippen LogP contribution >= 0.6 is 0 Å². The van der Waals surface area contributed by atoms with E-state index in [0.717, 1.165) is 0 Å². The standard InChI is InChI=1S/C10H15N5O3/c1-18-6-7(4-5-16)11-8-2-3-9-12-13-10(17)15(9)14-8/h2-3,7,16H,4-6H2,1H3,(H,11,14)(H,13,17). The third-order valence-electron chi connectivity index (χ3n) is 2.47. The number of hydrogen-bond donors (Lipinski definition) is 3. The van der Waals surface area contributed by atoms with Crippen molar-refractivity contribution in [2.45, 2.75) is 12.5 Å². The smallest absolute Gasteiger partial charge is 0.364 e. The van der Waals surface area contributed by atoms with Crippen molar-refractivity contribution in [3.8, 4) is 0 Å². The van der Waals surface area contributed by atoms with Crippen LogP contribution in [0.25, 0.3) is 5.65 Å². The molecule has 2 heterocycles. The average molecular weight is 253 g/mol. The third-order valence-corrected chi connectivity index (χ3v) is 2.47. The first kappa shape index (κ1) is 12.5. The van der Waals surface area contributed by atoms with E-state index in [1.807, 2.05) is 0 Å². The summed E-state index contributed by atoms with van der Waals surface area (Å²) in [5.41, 5.74) is 0.0649. The molecule has 8 heteroatoms. The number of nitrogens with zero attached hydrogens (tertiary/aromatic N) is 3. The van der Waals surface area contributed by atoms with Crippen molar-refractivity contribution in [1.29, 1.82) is 0 Å². The Hall–Kier alpha value is -1.93. The second-order valence-corrected chi connectivity index (χ2v) is 3.83. The van der Waals surface area contributed by atoms with E-state index in [4.69, 9.17) is 9.84 Å². The van der Waals surface area contributed by atoms with Crippen molar-refractivity contribution in [2.75, 3.05) is 25.6 Å². The Morgan fingerprint density at radius 1 is 1.61 bits per heavy atom. The molecule has 0 saturated carbocycles. The average Bonchev–Trinajstić information content (AvgIpc) is 2.72. The number of aromatic amines is 1. The number of fused-ring (bicyclic) bond motifs is 1. The lowest BCUT2D eigenvalue weighted by molar-refractivity contribution is 0.170. The Labute approximate surface area is 103 Å². The largest absolute Gasteiger partial charge is 0.396 e. The summed E-state index contributed by atoms with van der Waals surface area (Å²) in [6, 6.07) is 3.33. The Balaban J connectivity index is 2.19. The normalized spacial score (nSPS) is 12.8. The highest BCUT2D eigenvalue weighted by Gasteiger charge is 2.09. The van der Waals surface area contributed by atoms with E-state index in [1.54, 1.807) is 19.2 Å². The van der Waals surface area contributed by atoms with Crippen molar-refractivity contribution in [3.63, 3.8) is 0 Å². The number of aliphatic hydroxyl groups excluding tert-OH is 1. The Bertz CT molecular complexity index is 558. The van der Waals surface area contributed by atoms with Crippen LogP contribution in [0.5, 0.6) is 0 Å². The minimum atomic E-state index is -0.390. The quantitative estimate of drug-likeness (QED) is 0.624. The maximum atomic E-state index is 11.4. The first-order valence-corrected chi connectivity index (χ1v) is 5.55. The molecule has 1 atom stereocenters. The highest BCUT2D eigenvalue weighted by molar-refractivity contribution is 5.43. The van der Waals surface area contributed by atoms with Crippen LogP contribution < -0.4 is 11.0 Å². The third kappa shape index (κ3) is 2.66. The van der Waals surface area contributed by atoms with Gasteiger partial charge in [-0.1, -0.05) is 0 Å². The Kier molecular flexibility index (Phi) is 3.90. The second-order valence-electron chi connectivity index (χ2n) is 3.83. The molecule has 2 rings (SSSR count). The molecule has 2 aromatic heterocycles. The molecule has 18 heavy (non-hydrogen) atoms. The first-order valence-electron chi connectivity index (χ1n) is 5.55. The molecule has 2 aromatic rings. The highest BCUT2D eigenvalue weighted by atomic mass is 16.5. The molecule has 3 N–H and O–H groups in total. The van der Waals surface area contributed by atoms with Gasteiger partial charge >= 0.3 is 5.69 Å². The van der Waals surface area contributed by atoms with Gasteiger partial charge in [0, 0.05) is 13.7 Å². The zero-order chi connectivity index (χ0) is 13.0. The molecule has 0 spiro atoms. The predicted octanol–water partition coefficient (Wildman–Crippen LogP) is -0.773. The molecular weight excluding hydrogens is 238 g/mol. The monoisotopic (exact) mass is 253 g/mol. The Morgan fingerprint density at radius 2 is 2.44 bits per heavy atom. The van der Waals surface area contributed by atoms with Gasteiger partial charge in [0.2, 0.25) is 0 Å².